The molecule has 0 saturated heterocycles. The number of nitrogens with two attached hydrogens (primary N) is 2. The highest BCUT2D eigenvalue weighted by Gasteiger charge is 2.42. The van der Waals surface area contributed by atoms with E-state index in [1.807, 2.05) is 6.08 Å². The molecule has 0 unspecified atom stereocenters. The SMILES string of the molecule is CCC1(CC)C=C(C(C)C)C=CC1(N)N. The first-order valence-corrected chi connectivity index (χ1v) is 5.88. The second kappa shape index (κ2) is 4.11. The fraction of sp³-hybridized carbons (Fsp3) is 0.692. The highest BCUT2D eigenvalue weighted by molar-refractivity contribution is 5.35. The average molecular weight is 208 g/mol. The summed E-state index contributed by atoms with van der Waals surface area (Å²) in [6, 6.07) is 0. The fourth-order valence-corrected chi connectivity index (χ4v) is 2.32. The summed E-state index contributed by atoms with van der Waals surface area (Å²) >= 11 is 0. The lowest BCUT2D eigenvalue weighted by atomic mass is 9.67. The maximum absolute atomic E-state index is 6.19. The predicted molar refractivity (Wildman–Crippen MR) is 66.2 cm³/mol. The van der Waals surface area contributed by atoms with E-state index in [4.69, 9.17) is 11.5 Å². The van der Waals surface area contributed by atoms with Crippen molar-refractivity contribution < 1.29 is 0 Å². The van der Waals surface area contributed by atoms with Crippen LogP contribution in [0.4, 0.5) is 0 Å². The molecule has 1 aliphatic rings. The van der Waals surface area contributed by atoms with Crippen LogP contribution in [0.15, 0.2) is 23.8 Å². The van der Waals surface area contributed by atoms with Crippen molar-refractivity contribution in [3.63, 3.8) is 0 Å². The summed E-state index contributed by atoms with van der Waals surface area (Å²) in [6.45, 7) is 8.72. The van der Waals surface area contributed by atoms with Crippen LogP contribution in [0.5, 0.6) is 0 Å². The topological polar surface area (TPSA) is 52.0 Å². The van der Waals surface area contributed by atoms with Crippen molar-refractivity contribution in [1.82, 2.24) is 0 Å². The van der Waals surface area contributed by atoms with Gasteiger partial charge >= 0.3 is 0 Å². The van der Waals surface area contributed by atoms with Gasteiger partial charge in [-0.1, -0.05) is 39.8 Å². The fourth-order valence-electron chi connectivity index (χ4n) is 2.32. The molecule has 1 aliphatic carbocycles. The minimum atomic E-state index is -0.700. The lowest BCUT2D eigenvalue weighted by Gasteiger charge is -2.44. The third-order valence-corrected chi connectivity index (χ3v) is 3.79. The largest absolute Gasteiger partial charge is 0.309 e. The minimum absolute atomic E-state index is 0.0820. The van der Waals surface area contributed by atoms with E-state index in [0.29, 0.717) is 5.92 Å². The van der Waals surface area contributed by atoms with Crippen molar-refractivity contribution in [1.29, 1.82) is 0 Å². The zero-order chi connectivity index (χ0) is 11.7. The lowest BCUT2D eigenvalue weighted by Crippen LogP contribution is -2.61. The molecule has 0 bridgehead atoms. The third kappa shape index (κ3) is 2.01. The van der Waals surface area contributed by atoms with E-state index in [1.165, 1.54) is 5.57 Å². The van der Waals surface area contributed by atoms with Crippen molar-refractivity contribution in [2.24, 2.45) is 22.8 Å². The molecule has 0 atom stereocenters. The molecule has 1 rings (SSSR count). The zero-order valence-corrected chi connectivity index (χ0v) is 10.4. The first-order valence-electron chi connectivity index (χ1n) is 5.88. The van der Waals surface area contributed by atoms with Gasteiger partial charge in [-0.25, -0.2) is 0 Å². The van der Waals surface area contributed by atoms with Crippen molar-refractivity contribution >= 4 is 0 Å². The van der Waals surface area contributed by atoms with Gasteiger partial charge < -0.3 is 11.5 Å². The Labute approximate surface area is 93.4 Å². The first-order chi connectivity index (χ1) is 6.88. The predicted octanol–water partition coefficient (Wildman–Crippen LogP) is 2.56. The zero-order valence-electron chi connectivity index (χ0n) is 10.4. The van der Waals surface area contributed by atoms with Crippen LogP contribution in [0.2, 0.25) is 0 Å². The molecule has 0 fully saturated rings. The molecular formula is C13H24N2. The number of hydrogen-bond donors (Lipinski definition) is 2. The Kier molecular flexibility index (Phi) is 3.41. The normalized spacial score (nSPS) is 23.0. The Morgan fingerprint density at radius 1 is 1.20 bits per heavy atom. The Hall–Kier alpha value is -0.600. The van der Waals surface area contributed by atoms with E-state index >= 15 is 0 Å². The van der Waals surface area contributed by atoms with Gasteiger partial charge in [-0.05, 0) is 30.4 Å². The van der Waals surface area contributed by atoms with E-state index in [9.17, 15) is 0 Å². The summed E-state index contributed by atoms with van der Waals surface area (Å²) < 4.78 is 0. The summed E-state index contributed by atoms with van der Waals surface area (Å²) in [4.78, 5) is 0. The molecule has 0 radical (unpaired) electrons. The first kappa shape index (κ1) is 12.5. The summed E-state index contributed by atoms with van der Waals surface area (Å²) in [5, 5.41) is 0. The monoisotopic (exact) mass is 208 g/mol. The van der Waals surface area contributed by atoms with Gasteiger partial charge in [0.05, 0.1) is 5.66 Å². The molecule has 0 aliphatic heterocycles. The Morgan fingerprint density at radius 2 is 1.73 bits per heavy atom. The Bertz CT molecular complexity index is 281. The molecule has 86 valence electrons. The smallest absolute Gasteiger partial charge is 0.0924 e. The molecule has 0 aromatic heterocycles. The summed E-state index contributed by atoms with van der Waals surface area (Å²) in [5.41, 5.74) is 12.9. The van der Waals surface area contributed by atoms with Crippen LogP contribution in [-0.2, 0) is 0 Å². The van der Waals surface area contributed by atoms with Gasteiger partial charge in [-0.15, -0.1) is 0 Å². The molecule has 0 heterocycles. The van der Waals surface area contributed by atoms with Crippen molar-refractivity contribution in [3.05, 3.63) is 23.8 Å². The van der Waals surface area contributed by atoms with Crippen LogP contribution < -0.4 is 11.5 Å². The standard InChI is InChI=1S/C13H24N2/c1-5-12(6-2)9-11(10(3)4)7-8-13(12,14)15/h7-10H,5-6,14-15H2,1-4H3. The molecule has 0 aromatic rings. The van der Waals surface area contributed by atoms with E-state index in [0.717, 1.165) is 12.8 Å². The molecular weight excluding hydrogens is 184 g/mol. The van der Waals surface area contributed by atoms with Gasteiger partial charge in [0.2, 0.25) is 0 Å². The van der Waals surface area contributed by atoms with E-state index in [2.05, 4.69) is 39.8 Å². The minimum Gasteiger partial charge on any atom is -0.309 e. The van der Waals surface area contributed by atoms with Crippen LogP contribution in [0.25, 0.3) is 0 Å². The molecule has 2 nitrogen and oxygen atoms in total. The van der Waals surface area contributed by atoms with E-state index in [-0.39, 0.29) is 5.41 Å². The molecule has 2 heteroatoms. The van der Waals surface area contributed by atoms with Crippen molar-refractivity contribution in [3.8, 4) is 0 Å². The maximum atomic E-state index is 6.19. The number of hydrogen-bond acceptors (Lipinski definition) is 2. The number of allylic oxidation sites excluding steroid dienone is 2. The third-order valence-electron chi connectivity index (χ3n) is 3.79. The molecule has 4 N–H and O–H groups in total. The summed E-state index contributed by atoms with van der Waals surface area (Å²) in [5.74, 6) is 0.537. The highest BCUT2D eigenvalue weighted by atomic mass is 15.0. The van der Waals surface area contributed by atoms with Crippen LogP contribution >= 0.6 is 0 Å². The van der Waals surface area contributed by atoms with Gasteiger partial charge in [-0.2, -0.15) is 0 Å². The van der Waals surface area contributed by atoms with E-state index < -0.39 is 5.66 Å². The Balaban J connectivity index is 3.15. The molecule has 15 heavy (non-hydrogen) atoms. The van der Waals surface area contributed by atoms with Crippen LogP contribution in [0.3, 0.4) is 0 Å². The van der Waals surface area contributed by atoms with Gasteiger partial charge in [0.25, 0.3) is 0 Å². The second-order valence-electron chi connectivity index (χ2n) is 4.93. The van der Waals surface area contributed by atoms with Gasteiger partial charge in [-0.3, -0.25) is 0 Å². The molecule has 0 spiro atoms. The average Bonchev–Trinajstić information content (AvgIpc) is 2.17. The summed E-state index contributed by atoms with van der Waals surface area (Å²) in [6.07, 6.45) is 8.30. The lowest BCUT2D eigenvalue weighted by molar-refractivity contribution is 0.210. The van der Waals surface area contributed by atoms with Gasteiger partial charge in [0.1, 0.15) is 0 Å². The van der Waals surface area contributed by atoms with Crippen LogP contribution in [-0.4, -0.2) is 5.66 Å². The number of rotatable bonds is 3. The molecule has 0 aromatic carbocycles. The van der Waals surface area contributed by atoms with Crippen LogP contribution in [0.1, 0.15) is 40.5 Å². The maximum Gasteiger partial charge on any atom is 0.0924 e. The quantitative estimate of drug-likeness (QED) is 0.700. The van der Waals surface area contributed by atoms with Crippen molar-refractivity contribution in [2.75, 3.05) is 0 Å². The highest BCUT2D eigenvalue weighted by Crippen LogP contribution is 2.41. The van der Waals surface area contributed by atoms with Crippen molar-refractivity contribution in [2.45, 2.75) is 46.2 Å². The van der Waals surface area contributed by atoms with E-state index in [1.54, 1.807) is 0 Å². The van der Waals surface area contributed by atoms with Gasteiger partial charge in [0, 0.05) is 5.41 Å². The summed E-state index contributed by atoms with van der Waals surface area (Å²) in [7, 11) is 0. The van der Waals surface area contributed by atoms with Gasteiger partial charge in [0.15, 0.2) is 0 Å². The van der Waals surface area contributed by atoms with Crippen LogP contribution in [0, 0.1) is 11.3 Å². The molecule has 0 amide bonds. The second-order valence-corrected chi connectivity index (χ2v) is 4.93. The Morgan fingerprint density at radius 3 is 2.13 bits per heavy atom. The molecule has 0 saturated carbocycles.